The average molecular weight is 278 g/mol. The van der Waals surface area contributed by atoms with Crippen LogP contribution in [0.1, 0.15) is 25.3 Å². The third-order valence-corrected chi connectivity index (χ3v) is 4.10. The predicted octanol–water partition coefficient (Wildman–Crippen LogP) is 5.71. The normalized spacial score (nSPS) is 11.1. The molecule has 0 saturated carbocycles. The van der Waals surface area contributed by atoms with E-state index in [2.05, 4.69) is 61.5 Å². The van der Waals surface area contributed by atoms with E-state index >= 15 is 0 Å². The van der Waals surface area contributed by atoms with E-state index < -0.39 is 0 Å². The van der Waals surface area contributed by atoms with Crippen LogP contribution in [0.2, 0.25) is 0 Å². The van der Waals surface area contributed by atoms with Gasteiger partial charge in [0, 0.05) is 6.42 Å². The Balaban J connectivity index is 2.12. The van der Waals surface area contributed by atoms with Gasteiger partial charge < -0.3 is 0 Å². The topological polar surface area (TPSA) is 0 Å². The van der Waals surface area contributed by atoms with E-state index in [-0.39, 0.29) is 0 Å². The van der Waals surface area contributed by atoms with Crippen molar-refractivity contribution >= 4 is 38.6 Å². The minimum Gasteiger partial charge on any atom is -0.0893 e. The molecule has 0 unspecified atom stereocenters. The summed E-state index contributed by atoms with van der Waals surface area (Å²) in [5.74, 6) is 0. The minimum atomic E-state index is 0.916. The molecule has 0 atom stereocenters. The maximum Gasteiger partial charge on any atom is 0.00443 e. The molecule has 3 rings (SSSR count). The van der Waals surface area contributed by atoms with Crippen LogP contribution < -0.4 is 0 Å². The van der Waals surface area contributed by atoms with Gasteiger partial charge in [0.15, 0.2) is 0 Å². The van der Waals surface area contributed by atoms with Gasteiger partial charge in [0.1, 0.15) is 0 Å². The molecule has 3 aromatic rings. The highest BCUT2D eigenvalue weighted by Crippen LogP contribution is 2.26. The lowest BCUT2D eigenvalue weighted by Gasteiger charge is -2.09. The molecular formula is C19H18S. The summed E-state index contributed by atoms with van der Waals surface area (Å²) < 4.78 is 0. The van der Waals surface area contributed by atoms with E-state index in [1.807, 2.05) is 0 Å². The van der Waals surface area contributed by atoms with Crippen LogP contribution in [0, 0.1) is 0 Å². The quantitative estimate of drug-likeness (QED) is 0.435. The number of fused-ring (bicyclic) bond motifs is 2. The maximum absolute atomic E-state index is 5.49. The lowest BCUT2D eigenvalue weighted by Crippen LogP contribution is -1.99. The maximum atomic E-state index is 5.49. The third kappa shape index (κ3) is 2.59. The largest absolute Gasteiger partial charge is 0.0893 e. The molecule has 0 aliphatic carbocycles. The summed E-state index contributed by atoms with van der Waals surface area (Å²) in [6.07, 6.45) is 3.09. The van der Waals surface area contributed by atoms with E-state index in [0.717, 1.165) is 24.1 Å². The number of rotatable bonds is 4. The Morgan fingerprint density at radius 2 is 1.60 bits per heavy atom. The van der Waals surface area contributed by atoms with Gasteiger partial charge in [-0.2, -0.15) is 0 Å². The van der Waals surface area contributed by atoms with Crippen LogP contribution >= 0.6 is 12.2 Å². The van der Waals surface area contributed by atoms with Gasteiger partial charge in [-0.1, -0.05) is 68.0 Å². The Bertz CT molecular complexity index is 771. The van der Waals surface area contributed by atoms with Gasteiger partial charge in [0.25, 0.3) is 0 Å². The molecule has 20 heavy (non-hydrogen) atoms. The fraction of sp³-hybridized carbons (Fsp3) is 0.211. The Labute approximate surface area is 125 Å². The third-order valence-electron chi connectivity index (χ3n) is 3.75. The molecule has 1 heteroatoms. The number of thiocarbonyl (C=S) groups is 1. The van der Waals surface area contributed by atoms with E-state index in [9.17, 15) is 0 Å². The molecular weight excluding hydrogens is 260 g/mol. The summed E-state index contributed by atoms with van der Waals surface area (Å²) in [5, 5.41) is 5.24. The zero-order chi connectivity index (χ0) is 13.9. The summed E-state index contributed by atoms with van der Waals surface area (Å²) in [7, 11) is 0. The van der Waals surface area contributed by atoms with Crippen molar-refractivity contribution in [2.75, 3.05) is 0 Å². The van der Waals surface area contributed by atoms with Gasteiger partial charge in [0.2, 0.25) is 0 Å². The first-order chi connectivity index (χ1) is 9.78. The van der Waals surface area contributed by atoms with Crippen molar-refractivity contribution in [2.24, 2.45) is 0 Å². The second-order valence-electron chi connectivity index (χ2n) is 5.30. The number of hydrogen-bond acceptors (Lipinski definition) is 1. The molecule has 0 aliphatic heterocycles. The van der Waals surface area contributed by atoms with Crippen LogP contribution in [0.15, 0.2) is 54.6 Å². The summed E-state index contributed by atoms with van der Waals surface area (Å²) in [6, 6.07) is 19.6. The molecule has 0 fully saturated rings. The molecule has 0 bridgehead atoms. The van der Waals surface area contributed by atoms with Crippen molar-refractivity contribution in [3.63, 3.8) is 0 Å². The molecule has 0 nitrogen and oxygen atoms in total. The summed E-state index contributed by atoms with van der Waals surface area (Å²) in [4.78, 5) is 1.16. The zero-order valence-corrected chi connectivity index (χ0v) is 12.5. The first-order valence-electron chi connectivity index (χ1n) is 7.20. The number of hydrogen-bond donors (Lipinski definition) is 0. The van der Waals surface area contributed by atoms with Gasteiger partial charge >= 0.3 is 0 Å². The van der Waals surface area contributed by atoms with Crippen LogP contribution in [0.3, 0.4) is 0 Å². The smallest absolute Gasteiger partial charge is 0.00443 e. The fourth-order valence-electron chi connectivity index (χ4n) is 2.77. The first-order valence-corrected chi connectivity index (χ1v) is 7.61. The van der Waals surface area contributed by atoms with E-state index in [0.29, 0.717) is 0 Å². The van der Waals surface area contributed by atoms with Gasteiger partial charge in [-0.05, 0) is 50.5 Å². The van der Waals surface area contributed by atoms with E-state index in [4.69, 9.17) is 12.2 Å². The minimum absolute atomic E-state index is 0.916. The standard InChI is InChI=1S/C19H18S/c1-2-6-18(20)12-17-10-5-9-16-11-14-7-3-4-8-15(14)13-19(16)17/h3-5,7-11,13H,2,6,12H2,1H3. The highest BCUT2D eigenvalue weighted by Gasteiger charge is 2.05. The predicted molar refractivity (Wildman–Crippen MR) is 92.7 cm³/mol. The van der Waals surface area contributed by atoms with Gasteiger partial charge in [-0.15, -0.1) is 0 Å². The second-order valence-corrected chi connectivity index (χ2v) is 5.88. The fourth-order valence-corrected chi connectivity index (χ4v) is 3.13. The molecule has 0 aromatic heterocycles. The van der Waals surface area contributed by atoms with Crippen LogP contribution in [-0.4, -0.2) is 4.86 Å². The van der Waals surface area contributed by atoms with Gasteiger partial charge in [0.05, 0.1) is 0 Å². The van der Waals surface area contributed by atoms with Crippen molar-refractivity contribution in [2.45, 2.75) is 26.2 Å². The molecule has 0 saturated heterocycles. The Kier molecular flexibility index (Phi) is 3.79. The Hall–Kier alpha value is -1.73. The molecule has 0 N–H and O–H groups in total. The summed E-state index contributed by atoms with van der Waals surface area (Å²) >= 11 is 5.49. The second kappa shape index (κ2) is 5.72. The van der Waals surface area contributed by atoms with Crippen molar-refractivity contribution in [1.29, 1.82) is 0 Å². The zero-order valence-electron chi connectivity index (χ0n) is 11.7. The summed E-state index contributed by atoms with van der Waals surface area (Å²) in [5.41, 5.74) is 1.35. The molecule has 0 heterocycles. The molecule has 0 radical (unpaired) electrons. The molecule has 0 spiro atoms. The van der Waals surface area contributed by atoms with Gasteiger partial charge in [-0.25, -0.2) is 0 Å². The average Bonchev–Trinajstić information content (AvgIpc) is 2.46. The molecule has 100 valence electrons. The highest BCUT2D eigenvalue weighted by molar-refractivity contribution is 7.80. The molecule has 0 aliphatic rings. The van der Waals surface area contributed by atoms with Crippen molar-refractivity contribution in [3.05, 3.63) is 60.2 Å². The van der Waals surface area contributed by atoms with Crippen LogP contribution in [0.4, 0.5) is 0 Å². The Morgan fingerprint density at radius 3 is 2.35 bits per heavy atom. The molecule has 0 amide bonds. The first kappa shape index (κ1) is 13.3. The molecule has 3 aromatic carbocycles. The SMILES string of the molecule is CCCC(=S)Cc1cccc2cc3ccccc3cc12. The highest BCUT2D eigenvalue weighted by atomic mass is 32.1. The Morgan fingerprint density at radius 1 is 0.900 bits per heavy atom. The van der Waals surface area contributed by atoms with Crippen LogP contribution in [0.5, 0.6) is 0 Å². The number of benzene rings is 3. The monoisotopic (exact) mass is 278 g/mol. The lowest BCUT2D eigenvalue weighted by molar-refractivity contribution is 0.990. The van der Waals surface area contributed by atoms with Crippen LogP contribution in [-0.2, 0) is 6.42 Å². The van der Waals surface area contributed by atoms with E-state index in [1.165, 1.54) is 27.1 Å². The van der Waals surface area contributed by atoms with Crippen LogP contribution in [0.25, 0.3) is 21.5 Å². The van der Waals surface area contributed by atoms with Crippen molar-refractivity contribution in [3.8, 4) is 0 Å². The lowest BCUT2D eigenvalue weighted by atomic mass is 9.97. The van der Waals surface area contributed by atoms with Crippen molar-refractivity contribution in [1.82, 2.24) is 0 Å². The van der Waals surface area contributed by atoms with Gasteiger partial charge in [-0.3, -0.25) is 0 Å². The van der Waals surface area contributed by atoms with E-state index in [1.54, 1.807) is 0 Å². The van der Waals surface area contributed by atoms with Crippen molar-refractivity contribution < 1.29 is 0 Å². The summed E-state index contributed by atoms with van der Waals surface area (Å²) in [6.45, 7) is 2.18.